The van der Waals surface area contributed by atoms with Gasteiger partial charge in [-0.15, -0.1) is 0 Å². The van der Waals surface area contributed by atoms with Crippen LogP contribution < -0.4 is 15.6 Å². The molecule has 0 radical (unpaired) electrons. The minimum atomic E-state index is -0.138. The summed E-state index contributed by atoms with van der Waals surface area (Å²) in [7, 11) is 0. The summed E-state index contributed by atoms with van der Waals surface area (Å²) in [5, 5.41) is 2.26. The number of aromatic nitrogens is 1. The van der Waals surface area contributed by atoms with E-state index in [-0.39, 0.29) is 10.8 Å². The van der Waals surface area contributed by atoms with E-state index in [0.29, 0.717) is 0 Å². The predicted molar refractivity (Wildman–Crippen MR) is 346 cm³/mol. The monoisotopic (exact) mass is 1050 g/mol. The van der Waals surface area contributed by atoms with Gasteiger partial charge in [0, 0.05) is 55.7 Å². The minimum Gasteiger partial charge on any atom is -0.339 e. The first kappa shape index (κ1) is 48.9. The molecule has 0 atom stereocenters. The van der Waals surface area contributed by atoms with Crippen LogP contribution in [-0.4, -0.2) is 4.68 Å². The van der Waals surface area contributed by atoms with Crippen molar-refractivity contribution in [3.8, 4) is 66.8 Å². The maximum Gasteiger partial charge on any atom is 0.0710 e. The lowest BCUT2D eigenvalue weighted by Crippen LogP contribution is -2.16. The molecule has 1 aromatic heterocycles. The van der Waals surface area contributed by atoms with Gasteiger partial charge in [-0.3, -0.25) is 4.68 Å². The van der Waals surface area contributed by atoms with E-state index in [2.05, 4.69) is 317 Å². The van der Waals surface area contributed by atoms with E-state index in [1.54, 1.807) is 0 Å². The lowest BCUT2D eigenvalue weighted by molar-refractivity contribution is 0.660. The van der Waals surface area contributed by atoms with Crippen molar-refractivity contribution in [3.63, 3.8) is 0 Å². The fraction of sp³-hybridized carbons (Fsp3) is 0.0769. The standard InChI is InChI=1S/C78H60N4/c1-77(2)69-25-13-11-21-65(69)67-47-45-61(49-71(67)77)80(57-37-29-53(30-38-57)51-17-7-5-8-18-51)59-41-33-55(34-42-59)63-23-15-27-73-75(63)76-64(24-16-28-74(76)82(73)79)56-35-43-60(44-36-56)81(58-39-31-54(32-40-58)52-19-9-6-10-20-52)62-46-48-68-66-22-12-14-26-70(66)78(3,4)72(68)50-62/h5-50H,79H2,1-4H3. The normalized spacial score (nSPS) is 13.4. The number of rotatable bonds is 10. The zero-order valence-corrected chi connectivity index (χ0v) is 46.5. The van der Waals surface area contributed by atoms with E-state index in [4.69, 9.17) is 5.84 Å². The Kier molecular flexibility index (Phi) is 11.3. The van der Waals surface area contributed by atoms with Gasteiger partial charge in [-0.05, 0) is 174 Å². The lowest BCUT2D eigenvalue weighted by Gasteiger charge is -2.28. The van der Waals surface area contributed by atoms with Gasteiger partial charge in [0.1, 0.15) is 0 Å². The Hall–Kier alpha value is -10.2. The Labute approximate surface area is 480 Å². The molecule has 12 aromatic carbocycles. The summed E-state index contributed by atoms with van der Waals surface area (Å²) in [5.41, 5.74) is 28.2. The van der Waals surface area contributed by atoms with Crippen LogP contribution in [0.1, 0.15) is 49.9 Å². The van der Waals surface area contributed by atoms with Gasteiger partial charge in [0.25, 0.3) is 0 Å². The third-order valence-corrected chi connectivity index (χ3v) is 17.8. The number of nitrogens with zero attached hydrogens (tertiary/aromatic N) is 3. The molecule has 0 aliphatic heterocycles. The Bertz CT molecular complexity index is 4300. The SMILES string of the molecule is CC1(C)c2ccccc2-c2ccc(N(c3ccc(-c4ccccc4)cc3)c3ccc(-c4cccc5c4c4c(-c6ccc(N(c7ccc(-c8ccccc8)cc7)c7ccc8c(c7)C(C)(C)c7ccccc7-8)cc6)cccc4n5N)cc3)cc21. The molecular formula is C78H60N4. The van der Waals surface area contributed by atoms with Gasteiger partial charge in [-0.1, -0.05) is 222 Å². The van der Waals surface area contributed by atoms with Gasteiger partial charge >= 0.3 is 0 Å². The van der Waals surface area contributed by atoms with Crippen molar-refractivity contribution in [1.82, 2.24) is 4.68 Å². The molecule has 2 aliphatic carbocycles. The number of benzene rings is 12. The molecule has 2 aliphatic rings. The van der Waals surface area contributed by atoms with Crippen LogP contribution in [0, 0.1) is 0 Å². The van der Waals surface area contributed by atoms with Crippen LogP contribution >= 0.6 is 0 Å². The molecule has 0 fully saturated rings. The van der Waals surface area contributed by atoms with E-state index in [1.807, 2.05) is 4.68 Å². The molecule has 15 rings (SSSR count). The third kappa shape index (κ3) is 7.81. The number of hydrogen-bond acceptors (Lipinski definition) is 3. The molecule has 0 amide bonds. The zero-order chi connectivity index (χ0) is 55.3. The Morgan fingerprint density at radius 3 is 0.927 bits per heavy atom. The molecule has 0 saturated carbocycles. The van der Waals surface area contributed by atoms with Gasteiger partial charge in [-0.2, -0.15) is 0 Å². The molecule has 1 heterocycles. The van der Waals surface area contributed by atoms with Crippen LogP contribution in [0.25, 0.3) is 88.6 Å². The van der Waals surface area contributed by atoms with Crippen molar-refractivity contribution in [2.24, 2.45) is 0 Å². The highest BCUT2D eigenvalue weighted by molar-refractivity contribution is 6.20. The van der Waals surface area contributed by atoms with Gasteiger partial charge in [0.15, 0.2) is 0 Å². The van der Waals surface area contributed by atoms with E-state index in [0.717, 1.165) is 78.2 Å². The highest BCUT2D eigenvalue weighted by Crippen LogP contribution is 2.53. The first-order chi connectivity index (χ1) is 40.1. The average molecular weight is 1050 g/mol. The van der Waals surface area contributed by atoms with Crippen molar-refractivity contribution in [2.45, 2.75) is 38.5 Å². The van der Waals surface area contributed by atoms with Gasteiger partial charge in [0.05, 0.1) is 11.0 Å². The summed E-state index contributed by atoms with van der Waals surface area (Å²) in [5.74, 6) is 7.12. The van der Waals surface area contributed by atoms with E-state index in [9.17, 15) is 0 Å². The van der Waals surface area contributed by atoms with Crippen LogP contribution in [0.2, 0.25) is 0 Å². The second kappa shape index (κ2) is 19.0. The third-order valence-electron chi connectivity index (χ3n) is 17.8. The van der Waals surface area contributed by atoms with Crippen LogP contribution in [0.5, 0.6) is 0 Å². The zero-order valence-electron chi connectivity index (χ0n) is 46.5. The summed E-state index contributed by atoms with van der Waals surface area (Å²) < 4.78 is 1.86. The molecule has 13 aromatic rings. The molecule has 0 saturated heterocycles. The van der Waals surface area contributed by atoms with Gasteiger partial charge < -0.3 is 15.6 Å². The summed E-state index contributed by atoms with van der Waals surface area (Å²) in [6.07, 6.45) is 0. The van der Waals surface area contributed by atoms with Gasteiger partial charge in [-0.25, -0.2) is 0 Å². The number of fused-ring (bicyclic) bond motifs is 9. The quantitative estimate of drug-likeness (QED) is 0.139. The van der Waals surface area contributed by atoms with Crippen molar-refractivity contribution in [1.29, 1.82) is 0 Å². The Morgan fingerprint density at radius 2 is 0.549 bits per heavy atom. The van der Waals surface area contributed by atoms with E-state index < -0.39 is 0 Å². The second-order valence-electron chi connectivity index (χ2n) is 23.2. The second-order valence-corrected chi connectivity index (χ2v) is 23.2. The minimum absolute atomic E-state index is 0.138. The molecular weight excluding hydrogens is 993 g/mol. The summed E-state index contributed by atoms with van der Waals surface area (Å²) in [6.45, 7) is 9.41. The first-order valence-electron chi connectivity index (χ1n) is 28.5. The molecule has 392 valence electrons. The summed E-state index contributed by atoms with van der Waals surface area (Å²) in [6, 6.07) is 102. The smallest absolute Gasteiger partial charge is 0.0710 e. The maximum absolute atomic E-state index is 7.12. The highest BCUT2D eigenvalue weighted by atomic mass is 15.3. The maximum atomic E-state index is 7.12. The largest absolute Gasteiger partial charge is 0.339 e. The van der Waals surface area contributed by atoms with Crippen molar-refractivity contribution >= 4 is 55.9 Å². The fourth-order valence-electron chi connectivity index (χ4n) is 13.6. The Morgan fingerprint density at radius 1 is 0.256 bits per heavy atom. The lowest BCUT2D eigenvalue weighted by atomic mass is 9.82. The molecule has 0 bridgehead atoms. The molecule has 0 spiro atoms. The molecule has 0 unspecified atom stereocenters. The van der Waals surface area contributed by atoms with Crippen LogP contribution in [0.4, 0.5) is 34.1 Å². The number of nitrogens with two attached hydrogens (primary N) is 1. The van der Waals surface area contributed by atoms with Crippen molar-refractivity contribution in [2.75, 3.05) is 15.6 Å². The topological polar surface area (TPSA) is 37.4 Å². The molecule has 4 nitrogen and oxygen atoms in total. The van der Waals surface area contributed by atoms with E-state index >= 15 is 0 Å². The van der Waals surface area contributed by atoms with Gasteiger partial charge in [0.2, 0.25) is 0 Å². The van der Waals surface area contributed by atoms with Crippen LogP contribution in [0.3, 0.4) is 0 Å². The number of anilines is 6. The first-order valence-corrected chi connectivity index (χ1v) is 28.5. The summed E-state index contributed by atoms with van der Waals surface area (Å²) >= 11 is 0. The predicted octanol–water partition coefficient (Wildman–Crippen LogP) is 20.7. The van der Waals surface area contributed by atoms with Crippen LogP contribution in [0.15, 0.2) is 279 Å². The number of nitrogen functional groups attached to an aromatic ring is 1. The molecule has 4 heteroatoms. The molecule has 2 N–H and O–H groups in total. The summed E-state index contributed by atoms with van der Waals surface area (Å²) in [4.78, 5) is 4.80. The van der Waals surface area contributed by atoms with Crippen molar-refractivity contribution in [3.05, 3.63) is 301 Å². The van der Waals surface area contributed by atoms with Crippen LogP contribution in [-0.2, 0) is 10.8 Å². The fourth-order valence-corrected chi connectivity index (χ4v) is 13.6. The van der Waals surface area contributed by atoms with Crippen molar-refractivity contribution < 1.29 is 0 Å². The Balaban J connectivity index is 0.815. The highest BCUT2D eigenvalue weighted by Gasteiger charge is 2.37. The average Bonchev–Trinajstić information content (AvgIpc) is 4.16. The number of hydrogen-bond donors (Lipinski definition) is 1. The molecule has 82 heavy (non-hydrogen) atoms. The van der Waals surface area contributed by atoms with E-state index in [1.165, 1.54) is 66.8 Å².